The summed E-state index contributed by atoms with van der Waals surface area (Å²) >= 11 is 0. The number of ether oxygens (including phenoxy) is 3. The number of nitro benzene ring substituents is 1. The molecule has 1 rings (SSSR count). The topological polar surface area (TPSA) is 108 Å². The first-order valence-corrected chi connectivity index (χ1v) is 7.39. The molecule has 0 bridgehead atoms. The number of hydrogen-bond acceptors (Lipinski definition) is 7. The first-order chi connectivity index (χ1) is 11.5. The van der Waals surface area contributed by atoms with E-state index in [9.17, 15) is 20.0 Å². The summed E-state index contributed by atoms with van der Waals surface area (Å²) < 4.78 is 15.5. The molecule has 0 aromatic heterocycles. The van der Waals surface area contributed by atoms with Crippen molar-refractivity contribution in [1.29, 1.82) is 0 Å². The number of hydrogen-bond donors (Lipinski definition) is 1. The monoisotopic (exact) mass is 339 g/mol. The first kappa shape index (κ1) is 19.4. The van der Waals surface area contributed by atoms with E-state index in [1.165, 1.54) is 19.2 Å². The van der Waals surface area contributed by atoms with Crippen molar-refractivity contribution in [3.63, 3.8) is 0 Å². The molecule has 0 aliphatic rings. The summed E-state index contributed by atoms with van der Waals surface area (Å²) in [6, 6.07) is 2.56. The van der Waals surface area contributed by atoms with E-state index in [4.69, 9.17) is 14.2 Å². The number of benzene rings is 1. The highest BCUT2D eigenvalue weighted by Crippen LogP contribution is 2.34. The summed E-state index contributed by atoms with van der Waals surface area (Å²) in [6.45, 7) is 3.51. The zero-order valence-corrected chi connectivity index (χ0v) is 13.5. The highest BCUT2D eigenvalue weighted by molar-refractivity contribution is 5.69. The lowest BCUT2D eigenvalue weighted by molar-refractivity contribution is -0.385. The minimum Gasteiger partial charge on any atom is -0.493 e. The molecule has 8 nitrogen and oxygen atoms in total. The number of rotatable bonds is 11. The highest BCUT2D eigenvalue weighted by atomic mass is 16.6. The van der Waals surface area contributed by atoms with Crippen molar-refractivity contribution in [3.05, 3.63) is 40.5 Å². The number of carbonyl (C=O) groups excluding carboxylic acids is 1. The van der Waals surface area contributed by atoms with Gasteiger partial charge in [0, 0.05) is 6.42 Å². The number of aliphatic hydroxyl groups excluding tert-OH is 1. The molecule has 0 aliphatic carbocycles. The van der Waals surface area contributed by atoms with Gasteiger partial charge in [0.1, 0.15) is 0 Å². The Morgan fingerprint density at radius 3 is 2.71 bits per heavy atom. The van der Waals surface area contributed by atoms with Gasteiger partial charge in [0.05, 0.1) is 43.5 Å². The molecule has 0 aliphatic heterocycles. The van der Waals surface area contributed by atoms with Crippen molar-refractivity contribution in [2.45, 2.75) is 25.9 Å². The van der Waals surface area contributed by atoms with Crippen molar-refractivity contribution in [3.8, 4) is 11.5 Å². The van der Waals surface area contributed by atoms with Crippen LogP contribution in [-0.4, -0.2) is 36.3 Å². The normalized spacial score (nSPS) is 10.1. The number of carbonyl (C=O) groups is 1. The van der Waals surface area contributed by atoms with Gasteiger partial charge in [0.25, 0.3) is 5.69 Å². The van der Waals surface area contributed by atoms with E-state index in [2.05, 4.69) is 6.58 Å². The quantitative estimate of drug-likeness (QED) is 0.217. The van der Waals surface area contributed by atoms with Crippen LogP contribution in [0, 0.1) is 10.1 Å². The van der Waals surface area contributed by atoms with Crippen LogP contribution < -0.4 is 9.47 Å². The lowest BCUT2D eigenvalue weighted by atomic mass is 10.1. The molecule has 1 N–H and O–H groups in total. The maximum Gasteiger partial charge on any atom is 0.305 e. The molecule has 0 saturated carbocycles. The van der Waals surface area contributed by atoms with Gasteiger partial charge in [0.2, 0.25) is 0 Å². The van der Waals surface area contributed by atoms with Crippen LogP contribution in [0.25, 0.3) is 0 Å². The van der Waals surface area contributed by atoms with Crippen molar-refractivity contribution in [2.75, 3.05) is 20.3 Å². The summed E-state index contributed by atoms with van der Waals surface area (Å²) in [5, 5.41) is 20.2. The molecule has 0 radical (unpaired) electrons. The third-order valence-corrected chi connectivity index (χ3v) is 3.10. The lowest BCUT2D eigenvalue weighted by Crippen LogP contribution is -2.08. The predicted octanol–water partition coefficient (Wildman–Crippen LogP) is 2.37. The molecule has 0 amide bonds. The van der Waals surface area contributed by atoms with Gasteiger partial charge in [-0.3, -0.25) is 14.9 Å². The van der Waals surface area contributed by atoms with Crippen LogP contribution in [0.5, 0.6) is 11.5 Å². The fraction of sp³-hybridized carbons (Fsp3) is 0.438. The summed E-state index contributed by atoms with van der Waals surface area (Å²) in [6.07, 6.45) is 2.83. The Morgan fingerprint density at radius 1 is 1.38 bits per heavy atom. The Labute approximate surface area is 139 Å². The Kier molecular flexibility index (Phi) is 8.28. The molecule has 0 heterocycles. The molecule has 1 aromatic carbocycles. The summed E-state index contributed by atoms with van der Waals surface area (Å²) in [4.78, 5) is 21.8. The molecular formula is C16H21NO7. The van der Waals surface area contributed by atoms with Crippen LogP contribution in [0.1, 0.15) is 24.8 Å². The third kappa shape index (κ3) is 5.88. The van der Waals surface area contributed by atoms with Gasteiger partial charge in [-0.15, -0.1) is 6.58 Å². The molecule has 0 spiro atoms. The standard InChI is InChI=1S/C16H21NO7/c1-3-4-7-24-16(19)6-5-8-23-15-10-13(17(20)21)12(11-18)9-14(15)22-2/h3,9-10,18H,1,4-8,11H2,2H3. The second kappa shape index (κ2) is 10.2. The number of nitro groups is 1. The smallest absolute Gasteiger partial charge is 0.305 e. The molecule has 8 heteroatoms. The highest BCUT2D eigenvalue weighted by Gasteiger charge is 2.19. The van der Waals surface area contributed by atoms with E-state index < -0.39 is 11.5 Å². The van der Waals surface area contributed by atoms with Crippen LogP contribution in [0.4, 0.5) is 5.69 Å². The number of nitrogens with zero attached hydrogens (tertiary/aromatic N) is 1. The molecule has 0 fully saturated rings. The molecule has 0 unspecified atom stereocenters. The number of esters is 1. The molecule has 132 valence electrons. The second-order valence-electron chi connectivity index (χ2n) is 4.80. The van der Waals surface area contributed by atoms with E-state index in [1.807, 2.05) is 0 Å². The van der Waals surface area contributed by atoms with Crippen LogP contribution in [0.2, 0.25) is 0 Å². The number of methoxy groups -OCH3 is 1. The van der Waals surface area contributed by atoms with Gasteiger partial charge in [-0.05, 0) is 18.9 Å². The zero-order chi connectivity index (χ0) is 17.9. The van der Waals surface area contributed by atoms with Crippen LogP contribution in [0.3, 0.4) is 0 Å². The van der Waals surface area contributed by atoms with E-state index in [-0.39, 0.29) is 41.7 Å². The molecule has 24 heavy (non-hydrogen) atoms. The Hall–Kier alpha value is -2.61. The fourth-order valence-electron chi connectivity index (χ4n) is 1.89. The Balaban J connectivity index is 2.60. The van der Waals surface area contributed by atoms with Gasteiger partial charge in [-0.2, -0.15) is 0 Å². The zero-order valence-electron chi connectivity index (χ0n) is 13.5. The van der Waals surface area contributed by atoms with Crippen molar-refractivity contribution in [2.24, 2.45) is 0 Å². The predicted molar refractivity (Wildman–Crippen MR) is 86.1 cm³/mol. The Bertz CT molecular complexity index is 586. The van der Waals surface area contributed by atoms with Gasteiger partial charge in [-0.1, -0.05) is 6.08 Å². The van der Waals surface area contributed by atoms with Gasteiger partial charge in [-0.25, -0.2) is 0 Å². The molecule has 0 atom stereocenters. The average molecular weight is 339 g/mol. The fourth-order valence-corrected chi connectivity index (χ4v) is 1.89. The Morgan fingerprint density at radius 2 is 2.12 bits per heavy atom. The minimum absolute atomic E-state index is 0.134. The van der Waals surface area contributed by atoms with Crippen LogP contribution >= 0.6 is 0 Å². The molecule has 1 aromatic rings. The summed E-state index contributed by atoms with van der Waals surface area (Å²) in [5.74, 6) is 0.119. The largest absolute Gasteiger partial charge is 0.493 e. The van der Waals surface area contributed by atoms with E-state index in [1.54, 1.807) is 6.08 Å². The van der Waals surface area contributed by atoms with Crippen molar-refractivity contribution in [1.82, 2.24) is 0 Å². The average Bonchev–Trinajstić information content (AvgIpc) is 2.58. The SMILES string of the molecule is C=CCCOC(=O)CCCOc1cc([N+](=O)[O-])c(CO)cc1OC. The van der Waals surface area contributed by atoms with Crippen molar-refractivity contribution < 1.29 is 29.0 Å². The summed E-state index contributed by atoms with van der Waals surface area (Å²) in [5.41, 5.74) is -0.118. The van der Waals surface area contributed by atoms with Gasteiger partial charge < -0.3 is 19.3 Å². The van der Waals surface area contributed by atoms with Gasteiger partial charge in [0.15, 0.2) is 11.5 Å². The van der Waals surface area contributed by atoms with E-state index >= 15 is 0 Å². The minimum atomic E-state index is -0.602. The van der Waals surface area contributed by atoms with Crippen LogP contribution in [0.15, 0.2) is 24.8 Å². The van der Waals surface area contributed by atoms with E-state index in [0.29, 0.717) is 19.4 Å². The first-order valence-electron chi connectivity index (χ1n) is 7.39. The van der Waals surface area contributed by atoms with Crippen LogP contribution in [-0.2, 0) is 16.1 Å². The summed E-state index contributed by atoms with van der Waals surface area (Å²) in [7, 11) is 1.39. The third-order valence-electron chi connectivity index (χ3n) is 3.10. The second-order valence-corrected chi connectivity index (χ2v) is 4.80. The lowest BCUT2D eigenvalue weighted by Gasteiger charge is -2.12. The molecule has 0 saturated heterocycles. The number of aliphatic hydroxyl groups is 1. The maximum atomic E-state index is 11.4. The maximum absolute atomic E-state index is 11.4. The van der Waals surface area contributed by atoms with E-state index in [0.717, 1.165) is 0 Å². The van der Waals surface area contributed by atoms with Crippen molar-refractivity contribution >= 4 is 11.7 Å². The van der Waals surface area contributed by atoms with Gasteiger partial charge >= 0.3 is 5.97 Å². The molecular weight excluding hydrogens is 318 g/mol.